The van der Waals surface area contributed by atoms with Crippen LogP contribution >= 0.6 is 0 Å². The van der Waals surface area contributed by atoms with Crippen LogP contribution in [0.25, 0.3) is 0 Å². The second-order valence-electron chi connectivity index (χ2n) is 5.01. The molecule has 1 aliphatic carbocycles. The zero-order valence-corrected chi connectivity index (χ0v) is 10.8. The fourth-order valence-electron chi connectivity index (χ4n) is 2.58. The molecule has 1 aromatic heterocycles. The van der Waals surface area contributed by atoms with Gasteiger partial charge in [-0.05, 0) is 26.0 Å². The van der Waals surface area contributed by atoms with Gasteiger partial charge in [-0.2, -0.15) is 5.10 Å². The van der Waals surface area contributed by atoms with E-state index >= 15 is 0 Å². The Labute approximate surface area is 107 Å². The summed E-state index contributed by atoms with van der Waals surface area (Å²) in [7, 11) is 1.56. The number of hydrogen-bond acceptors (Lipinski definition) is 2. The van der Waals surface area contributed by atoms with E-state index in [0.717, 1.165) is 18.5 Å². The van der Waals surface area contributed by atoms with E-state index in [1.165, 1.54) is 19.3 Å². The Hall–Kier alpha value is -0.970. The molecule has 0 aliphatic heterocycles. The quantitative estimate of drug-likeness (QED) is 0.879. The van der Waals surface area contributed by atoms with Crippen LogP contribution in [-0.4, -0.2) is 29.3 Å². The zero-order chi connectivity index (χ0) is 13.0. The Balaban J connectivity index is 1.96. The topological polar surface area (TPSA) is 29.9 Å². The van der Waals surface area contributed by atoms with Gasteiger partial charge in [0.05, 0.1) is 17.8 Å². The number of nitrogens with one attached hydrogen (secondary N) is 1. The summed E-state index contributed by atoms with van der Waals surface area (Å²) in [6, 6.07) is 1.52. The van der Waals surface area contributed by atoms with Crippen molar-refractivity contribution in [3.63, 3.8) is 0 Å². The molecule has 0 saturated heterocycles. The summed E-state index contributed by atoms with van der Waals surface area (Å²) in [4.78, 5) is 0. The van der Waals surface area contributed by atoms with Gasteiger partial charge in [0.2, 0.25) is 0 Å². The molecular weight excluding hydrogens is 236 g/mol. The van der Waals surface area contributed by atoms with Crippen molar-refractivity contribution in [2.24, 2.45) is 0 Å². The van der Waals surface area contributed by atoms with Gasteiger partial charge in [0, 0.05) is 12.6 Å². The molecule has 18 heavy (non-hydrogen) atoms. The molecule has 1 unspecified atom stereocenters. The van der Waals surface area contributed by atoms with Crippen LogP contribution in [0.1, 0.15) is 43.8 Å². The maximum absolute atomic E-state index is 12.6. The third kappa shape index (κ3) is 3.28. The maximum Gasteiger partial charge on any atom is 0.254 e. The fraction of sp³-hybridized carbons (Fsp3) is 0.769. The largest absolute Gasteiger partial charge is 0.312 e. The van der Waals surface area contributed by atoms with E-state index in [0.29, 0.717) is 6.04 Å². The molecule has 0 aromatic carbocycles. The van der Waals surface area contributed by atoms with Crippen molar-refractivity contribution in [1.82, 2.24) is 15.1 Å². The summed E-state index contributed by atoms with van der Waals surface area (Å²) in [5.74, 6) is 0. The highest BCUT2D eigenvalue weighted by Gasteiger charge is 2.21. The molecule has 1 atom stereocenters. The van der Waals surface area contributed by atoms with Gasteiger partial charge in [0.1, 0.15) is 0 Å². The summed E-state index contributed by atoms with van der Waals surface area (Å²) >= 11 is 0. The van der Waals surface area contributed by atoms with Crippen molar-refractivity contribution >= 4 is 0 Å². The molecule has 0 radical (unpaired) electrons. The molecule has 1 N–H and O–H groups in total. The minimum Gasteiger partial charge on any atom is -0.312 e. The molecule has 3 nitrogen and oxygen atoms in total. The van der Waals surface area contributed by atoms with E-state index in [4.69, 9.17) is 0 Å². The highest BCUT2D eigenvalue weighted by atomic mass is 19.3. The monoisotopic (exact) mass is 257 g/mol. The SMILES string of the molecule is CNC(Cc1ccn(C2CCCCC2)n1)C(F)F. The summed E-state index contributed by atoms with van der Waals surface area (Å²) in [6.07, 6.45) is 5.98. The van der Waals surface area contributed by atoms with Crippen LogP contribution in [0.4, 0.5) is 8.78 Å². The van der Waals surface area contributed by atoms with E-state index in [9.17, 15) is 8.78 Å². The van der Waals surface area contributed by atoms with E-state index in [-0.39, 0.29) is 6.42 Å². The second-order valence-corrected chi connectivity index (χ2v) is 5.01. The summed E-state index contributed by atoms with van der Waals surface area (Å²) in [5, 5.41) is 7.09. The number of nitrogens with zero attached hydrogens (tertiary/aromatic N) is 2. The molecule has 0 bridgehead atoms. The Morgan fingerprint density at radius 2 is 2.11 bits per heavy atom. The number of aromatic nitrogens is 2. The van der Waals surface area contributed by atoms with Crippen molar-refractivity contribution < 1.29 is 8.78 Å². The molecular formula is C13H21F2N3. The normalized spacial score (nSPS) is 19.3. The predicted octanol–water partition coefficient (Wildman–Crippen LogP) is 2.78. The van der Waals surface area contributed by atoms with Gasteiger partial charge in [-0.1, -0.05) is 19.3 Å². The summed E-state index contributed by atoms with van der Waals surface area (Å²) < 4.78 is 27.3. The smallest absolute Gasteiger partial charge is 0.254 e. The second kappa shape index (κ2) is 6.27. The number of rotatable bonds is 5. The molecule has 0 amide bonds. The lowest BCUT2D eigenvalue weighted by Gasteiger charge is -2.22. The van der Waals surface area contributed by atoms with E-state index < -0.39 is 12.5 Å². The Morgan fingerprint density at radius 1 is 1.39 bits per heavy atom. The third-order valence-electron chi connectivity index (χ3n) is 3.72. The van der Waals surface area contributed by atoms with Crippen molar-refractivity contribution in [2.45, 2.75) is 57.0 Å². The minimum atomic E-state index is -2.35. The number of likely N-dealkylation sites (N-methyl/N-ethyl adjacent to an activating group) is 1. The Morgan fingerprint density at radius 3 is 2.72 bits per heavy atom. The van der Waals surface area contributed by atoms with E-state index in [1.807, 2.05) is 16.9 Å². The molecule has 2 rings (SSSR count). The molecule has 0 spiro atoms. The van der Waals surface area contributed by atoms with E-state index in [2.05, 4.69) is 10.4 Å². The minimum absolute atomic E-state index is 0.286. The van der Waals surface area contributed by atoms with Gasteiger partial charge < -0.3 is 5.32 Å². The molecule has 1 aromatic rings. The molecule has 1 aliphatic rings. The lowest BCUT2D eigenvalue weighted by atomic mass is 9.96. The van der Waals surface area contributed by atoms with Crippen LogP contribution in [0.2, 0.25) is 0 Å². The Kier molecular flexibility index (Phi) is 4.69. The van der Waals surface area contributed by atoms with Gasteiger partial charge in [0.25, 0.3) is 6.43 Å². The average molecular weight is 257 g/mol. The number of alkyl halides is 2. The summed E-state index contributed by atoms with van der Waals surface area (Å²) in [6.45, 7) is 0. The summed E-state index contributed by atoms with van der Waals surface area (Å²) in [5.41, 5.74) is 0.750. The van der Waals surface area contributed by atoms with Crippen LogP contribution in [0.15, 0.2) is 12.3 Å². The van der Waals surface area contributed by atoms with Crippen LogP contribution < -0.4 is 5.32 Å². The molecule has 102 valence electrons. The predicted molar refractivity (Wildman–Crippen MR) is 66.9 cm³/mol. The first-order chi connectivity index (χ1) is 8.70. The van der Waals surface area contributed by atoms with E-state index in [1.54, 1.807) is 7.05 Å². The highest BCUT2D eigenvalue weighted by molar-refractivity contribution is 5.03. The van der Waals surface area contributed by atoms with Crippen molar-refractivity contribution in [3.05, 3.63) is 18.0 Å². The zero-order valence-electron chi connectivity index (χ0n) is 10.8. The lowest BCUT2D eigenvalue weighted by molar-refractivity contribution is 0.101. The van der Waals surface area contributed by atoms with Crippen LogP contribution in [0.5, 0.6) is 0 Å². The standard InChI is InChI=1S/C13H21F2N3/c1-16-12(13(14)15)9-10-7-8-18(17-10)11-5-3-2-4-6-11/h7-8,11-13,16H,2-6,9H2,1H3. The average Bonchev–Trinajstić information content (AvgIpc) is 2.85. The first-order valence-corrected chi connectivity index (χ1v) is 6.70. The van der Waals surface area contributed by atoms with Crippen molar-refractivity contribution in [1.29, 1.82) is 0 Å². The maximum atomic E-state index is 12.6. The van der Waals surface area contributed by atoms with Gasteiger partial charge >= 0.3 is 0 Å². The van der Waals surface area contributed by atoms with Crippen LogP contribution in [0, 0.1) is 0 Å². The molecule has 1 fully saturated rings. The lowest BCUT2D eigenvalue weighted by Crippen LogP contribution is -2.34. The van der Waals surface area contributed by atoms with Gasteiger partial charge in [0.15, 0.2) is 0 Å². The number of hydrogen-bond donors (Lipinski definition) is 1. The van der Waals surface area contributed by atoms with Gasteiger partial charge in [-0.15, -0.1) is 0 Å². The van der Waals surface area contributed by atoms with Gasteiger partial charge in [-0.25, -0.2) is 8.78 Å². The molecule has 1 saturated carbocycles. The first kappa shape index (κ1) is 13.5. The van der Waals surface area contributed by atoms with Crippen molar-refractivity contribution in [2.75, 3.05) is 7.05 Å². The van der Waals surface area contributed by atoms with Crippen LogP contribution in [-0.2, 0) is 6.42 Å². The fourth-order valence-corrected chi connectivity index (χ4v) is 2.58. The van der Waals surface area contributed by atoms with Gasteiger partial charge in [-0.3, -0.25) is 4.68 Å². The Bertz CT molecular complexity index is 359. The highest BCUT2D eigenvalue weighted by Crippen LogP contribution is 2.27. The number of halogens is 2. The van der Waals surface area contributed by atoms with Crippen molar-refractivity contribution in [3.8, 4) is 0 Å². The first-order valence-electron chi connectivity index (χ1n) is 6.70. The molecule has 5 heteroatoms. The third-order valence-corrected chi connectivity index (χ3v) is 3.72. The van der Waals surface area contributed by atoms with Crippen LogP contribution in [0.3, 0.4) is 0 Å². The molecule has 1 heterocycles.